The topological polar surface area (TPSA) is 48.9 Å². The molecule has 1 aliphatic rings. The van der Waals surface area contributed by atoms with Crippen LogP contribution in [0.25, 0.3) is 0 Å². The zero-order chi connectivity index (χ0) is 11.9. The Morgan fingerprint density at radius 3 is 2.82 bits per heavy atom. The van der Waals surface area contributed by atoms with Crippen LogP contribution < -0.4 is 4.74 Å². The number of unbranched alkanes of at least 4 members (excludes halogenated alkanes) is 2. The summed E-state index contributed by atoms with van der Waals surface area (Å²) in [7, 11) is 0. The summed E-state index contributed by atoms with van der Waals surface area (Å²) in [5.41, 5.74) is 0.566. The van der Waals surface area contributed by atoms with Crippen molar-refractivity contribution in [2.24, 2.45) is 0 Å². The van der Waals surface area contributed by atoms with Gasteiger partial charge in [-0.2, -0.15) is 5.26 Å². The molecule has 17 heavy (non-hydrogen) atoms. The number of ether oxygens (including phenoxy) is 1. The van der Waals surface area contributed by atoms with E-state index in [1.165, 1.54) is 38.7 Å². The fraction of sp³-hybridized carbons (Fsp3) is 0.538. The van der Waals surface area contributed by atoms with E-state index in [4.69, 9.17) is 10.00 Å². The molecule has 1 aromatic heterocycles. The van der Waals surface area contributed by atoms with Gasteiger partial charge in [-0.15, -0.1) is 0 Å². The number of hydrogen-bond acceptors (Lipinski definition) is 4. The molecule has 2 heterocycles. The van der Waals surface area contributed by atoms with Crippen molar-refractivity contribution in [3.8, 4) is 11.9 Å². The van der Waals surface area contributed by atoms with Gasteiger partial charge in [-0.05, 0) is 31.9 Å². The third kappa shape index (κ3) is 4.41. The Morgan fingerprint density at radius 1 is 1.29 bits per heavy atom. The SMILES string of the molecule is N#Cc1ccc(OCCCCCN2CC2)nc1. The highest BCUT2D eigenvalue weighted by molar-refractivity contribution is 5.28. The summed E-state index contributed by atoms with van der Waals surface area (Å²) >= 11 is 0. The fourth-order valence-electron chi connectivity index (χ4n) is 1.62. The highest BCUT2D eigenvalue weighted by atomic mass is 16.5. The second-order valence-corrected chi connectivity index (χ2v) is 4.25. The van der Waals surface area contributed by atoms with Crippen molar-refractivity contribution in [2.45, 2.75) is 19.3 Å². The van der Waals surface area contributed by atoms with Gasteiger partial charge in [0.2, 0.25) is 5.88 Å². The van der Waals surface area contributed by atoms with Gasteiger partial charge in [0.15, 0.2) is 0 Å². The molecule has 4 nitrogen and oxygen atoms in total. The summed E-state index contributed by atoms with van der Waals surface area (Å²) in [6.07, 6.45) is 5.06. The van der Waals surface area contributed by atoms with E-state index in [0.29, 0.717) is 18.1 Å². The molecular weight excluding hydrogens is 214 g/mol. The summed E-state index contributed by atoms with van der Waals surface area (Å²) < 4.78 is 5.49. The van der Waals surface area contributed by atoms with Gasteiger partial charge in [-0.25, -0.2) is 4.98 Å². The Bertz CT molecular complexity index is 379. The fourth-order valence-corrected chi connectivity index (χ4v) is 1.62. The molecule has 0 unspecified atom stereocenters. The Hall–Kier alpha value is -1.60. The first-order valence-electron chi connectivity index (χ1n) is 6.10. The van der Waals surface area contributed by atoms with Crippen LogP contribution in [0.5, 0.6) is 5.88 Å². The molecule has 90 valence electrons. The van der Waals surface area contributed by atoms with Crippen LogP contribution in [0.15, 0.2) is 18.3 Å². The molecule has 2 rings (SSSR count). The van der Waals surface area contributed by atoms with Crippen molar-refractivity contribution >= 4 is 0 Å². The van der Waals surface area contributed by atoms with E-state index < -0.39 is 0 Å². The number of hydrogen-bond donors (Lipinski definition) is 0. The zero-order valence-electron chi connectivity index (χ0n) is 9.93. The monoisotopic (exact) mass is 231 g/mol. The van der Waals surface area contributed by atoms with E-state index in [9.17, 15) is 0 Å². The van der Waals surface area contributed by atoms with E-state index in [2.05, 4.69) is 9.88 Å². The number of nitriles is 1. The first kappa shape index (κ1) is 11.9. The second-order valence-electron chi connectivity index (χ2n) is 4.25. The average molecular weight is 231 g/mol. The van der Waals surface area contributed by atoms with Crippen LogP contribution in [0.4, 0.5) is 0 Å². The van der Waals surface area contributed by atoms with E-state index >= 15 is 0 Å². The lowest BCUT2D eigenvalue weighted by Gasteiger charge is -2.05. The number of aromatic nitrogens is 1. The number of pyridine rings is 1. The maximum absolute atomic E-state index is 8.62. The Labute approximate surface area is 102 Å². The van der Waals surface area contributed by atoms with Crippen molar-refractivity contribution in [1.29, 1.82) is 5.26 Å². The minimum absolute atomic E-state index is 0.566. The molecule has 1 aliphatic heterocycles. The van der Waals surface area contributed by atoms with Crippen LogP contribution in [-0.2, 0) is 0 Å². The Balaban J connectivity index is 1.55. The Kier molecular flexibility index (Phi) is 4.34. The van der Waals surface area contributed by atoms with Crippen LogP contribution in [0.3, 0.4) is 0 Å². The van der Waals surface area contributed by atoms with Gasteiger partial charge in [0.1, 0.15) is 6.07 Å². The molecule has 0 saturated carbocycles. The van der Waals surface area contributed by atoms with E-state index in [0.717, 1.165) is 6.42 Å². The maximum atomic E-state index is 8.62. The quantitative estimate of drug-likeness (QED) is 0.530. The molecule has 0 aromatic carbocycles. The molecule has 1 aromatic rings. The molecule has 0 bridgehead atoms. The molecular formula is C13H17N3O. The summed E-state index contributed by atoms with van der Waals surface area (Å²) in [6, 6.07) is 5.50. The molecule has 1 saturated heterocycles. The van der Waals surface area contributed by atoms with Crippen molar-refractivity contribution in [3.63, 3.8) is 0 Å². The van der Waals surface area contributed by atoms with Gasteiger partial charge < -0.3 is 9.64 Å². The van der Waals surface area contributed by atoms with Gasteiger partial charge in [0.05, 0.1) is 12.2 Å². The maximum Gasteiger partial charge on any atom is 0.213 e. The smallest absolute Gasteiger partial charge is 0.213 e. The van der Waals surface area contributed by atoms with Crippen LogP contribution in [-0.4, -0.2) is 36.1 Å². The zero-order valence-corrected chi connectivity index (χ0v) is 9.93. The molecule has 0 radical (unpaired) electrons. The summed E-state index contributed by atoms with van der Waals surface area (Å²) in [4.78, 5) is 6.49. The molecule has 0 atom stereocenters. The lowest BCUT2D eigenvalue weighted by atomic mass is 10.2. The molecule has 0 spiro atoms. The standard InChI is InChI=1S/C13H17N3O/c14-10-12-4-5-13(15-11-12)17-9-3-1-2-6-16-7-8-16/h4-5,11H,1-3,6-9H2. The third-order valence-electron chi connectivity index (χ3n) is 2.77. The van der Waals surface area contributed by atoms with Gasteiger partial charge in [-0.3, -0.25) is 0 Å². The van der Waals surface area contributed by atoms with Crippen molar-refractivity contribution in [1.82, 2.24) is 9.88 Å². The van der Waals surface area contributed by atoms with Crippen LogP contribution >= 0.6 is 0 Å². The van der Waals surface area contributed by atoms with Crippen molar-refractivity contribution < 1.29 is 4.74 Å². The van der Waals surface area contributed by atoms with Crippen LogP contribution in [0, 0.1) is 11.3 Å². The molecule has 1 fully saturated rings. The Morgan fingerprint density at radius 2 is 2.18 bits per heavy atom. The van der Waals surface area contributed by atoms with Gasteiger partial charge >= 0.3 is 0 Å². The molecule has 4 heteroatoms. The van der Waals surface area contributed by atoms with E-state index in [-0.39, 0.29) is 0 Å². The predicted octanol–water partition coefficient (Wildman–Crippen LogP) is 1.82. The molecule has 0 N–H and O–H groups in total. The molecule has 0 aliphatic carbocycles. The number of rotatable bonds is 7. The highest BCUT2D eigenvalue weighted by Gasteiger charge is 2.15. The largest absolute Gasteiger partial charge is 0.478 e. The van der Waals surface area contributed by atoms with Crippen molar-refractivity contribution in [3.05, 3.63) is 23.9 Å². The van der Waals surface area contributed by atoms with Crippen molar-refractivity contribution in [2.75, 3.05) is 26.2 Å². The lowest BCUT2D eigenvalue weighted by molar-refractivity contribution is 0.292. The van der Waals surface area contributed by atoms with E-state index in [1.807, 2.05) is 6.07 Å². The molecule has 0 amide bonds. The average Bonchev–Trinajstić information content (AvgIpc) is 3.18. The van der Waals surface area contributed by atoms with Gasteiger partial charge in [-0.1, -0.05) is 0 Å². The number of nitrogens with zero attached hydrogens (tertiary/aromatic N) is 3. The summed E-state index contributed by atoms with van der Waals surface area (Å²) in [6.45, 7) is 4.51. The van der Waals surface area contributed by atoms with E-state index in [1.54, 1.807) is 12.1 Å². The highest BCUT2D eigenvalue weighted by Crippen LogP contribution is 2.09. The van der Waals surface area contributed by atoms with Gasteiger partial charge in [0, 0.05) is 25.4 Å². The normalized spacial score (nSPS) is 14.3. The summed E-state index contributed by atoms with van der Waals surface area (Å²) in [5.74, 6) is 0.606. The van der Waals surface area contributed by atoms with Crippen LogP contribution in [0.1, 0.15) is 24.8 Å². The second kappa shape index (κ2) is 6.21. The van der Waals surface area contributed by atoms with Crippen LogP contribution in [0.2, 0.25) is 0 Å². The van der Waals surface area contributed by atoms with Gasteiger partial charge in [0.25, 0.3) is 0 Å². The first-order valence-corrected chi connectivity index (χ1v) is 6.10. The first-order chi connectivity index (χ1) is 8.38. The minimum atomic E-state index is 0.566. The lowest BCUT2D eigenvalue weighted by Crippen LogP contribution is -2.02. The predicted molar refractivity (Wildman–Crippen MR) is 64.7 cm³/mol. The third-order valence-corrected chi connectivity index (χ3v) is 2.77. The summed E-state index contributed by atoms with van der Waals surface area (Å²) in [5, 5.41) is 8.62. The minimum Gasteiger partial charge on any atom is -0.478 e.